The van der Waals surface area contributed by atoms with Gasteiger partial charge in [-0.1, -0.05) is 0 Å². The van der Waals surface area contributed by atoms with Gasteiger partial charge in [0, 0.05) is 7.05 Å². The largest absolute Gasteiger partial charge is 0.394 e. The van der Waals surface area contributed by atoms with Crippen LogP contribution in [0.15, 0.2) is 6.33 Å². The van der Waals surface area contributed by atoms with E-state index >= 15 is 0 Å². The van der Waals surface area contributed by atoms with Gasteiger partial charge in [-0.15, -0.1) is 0 Å². The summed E-state index contributed by atoms with van der Waals surface area (Å²) in [5.74, 6) is 0.152. The molecule has 120 valence electrons. The number of alkyl halides is 1. The van der Waals surface area contributed by atoms with Gasteiger partial charge in [0.25, 0.3) is 0 Å². The maximum Gasteiger partial charge on any atom is 0.312 e. The van der Waals surface area contributed by atoms with Gasteiger partial charge in [-0.2, -0.15) is 14.4 Å². The van der Waals surface area contributed by atoms with Crippen molar-refractivity contribution in [1.82, 2.24) is 19.5 Å². The van der Waals surface area contributed by atoms with E-state index in [-0.39, 0.29) is 17.0 Å². The number of nitrogens with zero attached hydrogens (tertiary/aromatic N) is 4. The molecular formula is C12H15F2N5O3. The maximum absolute atomic E-state index is 14.8. The van der Waals surface area contributed by atoms with Gasteiger partial charge in [-0.25, -0.2) is 9.37 Å². The number of ether oxygens (including phenoxy) is 1. The van der Waals surface area contributed by atoms with Crippen LogP contribution in [-0.4, -0.2) is 61.3 Å². The monoisotopic (exact) mass is 315 g/mol. The fraction of sp³-hybridized carbons (Fsp3) is 0.583. The molecule has 3 rings (SSSR count). The van der Waals surface area contributed by atoms with Crippen LogP contribution < -0.4 is 5.32 Å². The lowest BCUT2D eigenvalue weighted by Crippen LogP contribution is -2.40. The Morgan fingerprint density at radius 3 is 2.82 bits per heavy atom. The van der Waals surface area contributed by atoms with E-state index in [1.807, 2.05) is 0 Å². The molecule has 22 heavy (non-hydrogen) atoms. The minimum atomic E-state index is -2.21. The normalized spacial score (nSPS) is 31.8. The lowest BCUT2D eigenvalue weighted by atomic mass is 9.98. The number of nitrogens with one attached hydrogen (secondary N) is 1. The van der Waals surface area contributed by atoms with Gasteiger partial charge in [0.1, 0.15) is 12.2 Å². The molecule has 0 saturated carbocycles. The zero-order valence-corrected chi connectivity index (χ0v) is 11.9. The predicted octanol–water partition coefficient (Wildman–Crippen LogP) is -0.0141. The fourth-order valence-electron chi connectivity index (χ4n) is 2.60. The van der Waals surface area contributed by atoms with Crippen LogP contribution in [-0.2, 0) is 4.74 Å². The van der Waals surface area contributed by atoms with Gasteiger partial charge in [0.2, 0.25) is 0 Å². The molecule has 3 N–H and O–H groups in total. The van der Waals surface area contributed by atoms with Gasteiger partial charge in [-0.05, 0) is 6.92 Å². The zero-order valence-electron chi connectivity index (χ0n) is 11.9. The highest BCUT2D eigenvalue weighted by Gasteiger charge is 2.55. The first-order chi connectivity index (χ1) is 10.4. The van der Waals surface area contributed by atoms with Gasteiger partial charge in [-0.3, -0.25) is 4.57 Å². The average Bonchev–Trinajstić information content (AvgIpc) is 2.98. The number of hydrogen-bond acceptors (Lipinski definition) is 7. The van der Waals surface area contributed by atoms with Crippen LogP contribution in [0.1, 0.15) is 13.2 Å². The first-order valence-electron chi connectivity index (χ1n) is 6.61. The Labute approximate surface area is 123 Å². The van der Waals surface area contributed by atoms with Crippen molar-refractivity contribution in [2.75, 3.05) is 19.0 Å². The third kappa shape index (κ3) is 2.02. The van der Waals surface area contributed by atoms with E-state index in [1.54, 1.807) is 0 Å². The van der Waals surface area contributed by atoms with Crippen LogP contribution in [0.25, 0.3) is 11.2 Å². The minimum Gasteiger partial charge on any atom is -0.394 e. The summed E-state index contributed by atoms with van der Waals surface area (Å²) in [6.45, 7) is 0.593. The van der Waals surface area contributed by atoms with Crippen molar-refractivity contribution in [2.45, 2.75) is 31.0 Å². The van der Waals surface area contributed by atoms with Crippen LogP contribution in [0.4, 0.5) is 14.6 Å². The summed E-state index contributed by atoms with van der Waals surface area (Å²) in [6, 6.07) is 0. The summed E-state index contributed by atoms with van der Waals surface area (Å²) in [6.07, 6.45) is -3.70. The zero-order chi connectivity index (χ0) is 16.1. The summed E-state index contributed by atoms with van der Waals surface area (Å²) in [5, 5.41) is 21.7. The summed E-state index contributed by atoms with van der Waals surface area (Å²) >= 11 is 0. The molecule has 1 fully saturated rings. The van der Waals surface area contributed by atoms with Crippen molar-refractivity contribution in [1.29, 1.82) is 0 Å². The maximum atomic E-state index is 14.8. The molecule has 0 aromatic carbocycles. The lowest BCUT2D eigenvalue weighted by Gasteiger charge is -2.24. The van der Waals surface area contributed by atoms with E-state index in [1.165, 1.54) is 17.9 Å². The van der Waals surface area contributed by atoms with Crippen molar-refractivity contribution in [2.24, 2.45) is 0 Å². The molecular weight excluding hydrogens is 300 g/mol. The van der Waals surface area contributed by atoms with Crippen molar-refractivity contribution in [3.63, 3.8) is 0 Å². The van der Waals surface area contributed by atoms with E-state index in [0.29, 0.717) is 0 Å². The molecule has 1 aliphatic rings. The Morgan fingerprint density at radius 2 is 2.23 bits per heavy atom. The Morgan fingerprint density at radius 1 is 1.50 bits per heavy atom. The summed E-state index contributed by atoms with van der Waals surface area (Å²) in [5.41, 5.74) is -1.94. The van der Waals surface area contributed by atoms with Crippen LogP contribution in [0.3, 0.4) is 0 Å². The van der Waals surface area contributed by atoms with E-state index in [9.17, 15) is 13.9 Å². The molecule has 0 unspecified atom stereocenters. The number of aliphatic hydroxyl groups excluding tert-OH is 2. The molecule has 0 spiro atoms. The van der Waals surface area contributed by atoms with Crippen molar-refractivity contribution in [3.05, 3.63) is 12.4 Å². The Balaban J connectivity index is 2.13. The molecule has 2 aromatic rings. The van der Waals surface area contributed by atoms with Crippen LogP contribution >= 0.6 is 0 Å². The standard InChI is InChI=1S/C12H15F2N5O3/c1-12(14)7(21)5(3-20)22-10(12)19-4-16-6-8(15-2)17-11(13)18-9(6)19/h4-5,7,10,20-21H,3H2,1-2H3,(H,15,17,18)/t5-,7-,10-,12-/m1/s1. The summed E-state index contributed by atoms with van der Waals surface area (Å²) in [7, 11) is 1.54. The number of halogens is 2. The van der Waals surface area contributed by atoms with Crippen molar-refractivity contribution in [3.8, 4) is 0 Å². The number of aromatic nitrogens is 4. The van der Waals surface area contributed by atoms with Crippen molar-refractivity contribution >= 4 is 17.0 Å². The number of anilines is 1. The van der Waals surface area contributed by atoms with Gasteiger partial charge >= 0.3 is 6.08 Å². The van der Waals surface area contributed by atoms with Gasteiger partial charge < -0.3 is 20.3 Å². The van der Waals surface area contributed by atoms with E-state index < -0.39 is 36.8 Å². The molecule has 1 saturated heterocycles. The molecule has 10 heteroatoms. The third-order valence-corrected chi connectivity index (χ3v) is 3.78. The number of fused-ring (bicyclic) bond motifs is 1. The molecule has 4 atom stereocenters. The summed E-state index contributed by atoms with van der Waals surface area (Å²) < 4.78 is 34.8. The molecule has 3 heterocycles. The Hall–Kier alpha value is -1.91. The van der Waals surface area contributed by atoms with Crippen molar-refractivity contribution < 1.29 is 23.7 Å². The lowest BCUT2D eigenvalue weighted by molar-refractivity contribution is -0.0567. The topological polar surface area (TPSA) is 105 Å². The molecule has 0 aliphatic carbocycles. The average molecular weight is 315 g/mol. The quantitative estimate of drug-likeness (QED) is 0.684. The van der Waals surface area contributed by atoms with Gasteiger partial charge in [0.15, 0.2) is 28.9 Å². The second-order valence-electron chi connectivity index (χ2n) is 5.22. The second kappa shape index (κ2) is 5.07. The number of imidazole rings is 1. The predicted molar refractivity (Wildman–Crippen MR) is 71.3 cm³/mol. The molecule has 8 nitrogen and oxygen atoms in total. The minimum absolute atomic E-state index is 0.0246. The van der Waals surface area contributed by atoms with E-state index in [0.717, 1.165) is 6.92 Å². The van der Waals surface area contributed by atoms with E-state index in [4.69, 9.17) is 9.84 Å². The molecule has 0 amide bonds. The van der Waals surface area contributed by atoms with Crippen LogP contribution in [0, 0.1) is 6.08 Å². The molecule has 1 aliphatic heterocycles. The number of rotatable bonds is 3. The first-order valence-corrected chi connectivity index (χ1v) is 6.61. The second-order valence-corrected chi connectivity index (χ2v) is 5.22. The highest BCUT2D eigenvalue weighted by atomic mass is 19.1. The molecule has 2 aromatic heterocycles. The van der Waals surface area contributed by atoms with Crippen LogP contribution in [0.5, 0.6) is 0 Å². The molecule has 0 radical (unpaired) electrons. The van der Waals surface area contributed by atoms with Crippen LogP contribution in [0.2, 0.25) is 0 Å². The SMILES string of the molecule is CNc1nc(F)nc2c1ncn2[C@@H]1O[C@H](CO)[C@@H](O)[C@@]1(C)F. The molecule has 0 bridgehead atoms. The highest BCUT2D eigenvalue weighted by molar-refractivity contribution is 5.82. The smallest absolute Gasteiger partial charge is 0.312 e. The number of hydrogen-bond donors (Lipinski definition) is 3. The van der Waals surface area contributed by atoms with Gasteiger partial charge in [0.05, 0.1) is 12.9 Å². The summed E-state index contributed by atoms with van der Waals surface area (Å²) in [4.78, 5) is 11.2. The van der Waals surface area contributed by atoms with E-state index in [2.05, 4.69) is 20.3 Å². The highest BCUT2D eigenvalue weighted by Crippen LogP contribution is 2.42. The first kappa shape index (κ1) is 15.0. The third-order valence-electron chi connectivity index (χ3n) is 3.78. The fourth-order valence-corrected chi connectivity index (χ4v) is 2.60. The number of aliphatic hydroxyl groups is 2. The Bertz CT molecular complexity index is 707. The Kier molecular flexibility index (Phi) is 3.46.